The SMILES string of the molecule is CC1c2cc(c(O)cc2O)C(C)c2cc(c(O)cc2O)C(C)c2cc(c(O)cc2O)C(C)c2cc1c(O)cc2O.Cc1cc(C(C)c2cc(C(C)c3cc(C(C)c4cc(C(C)C)c(O)cc4O)c(O)cc3O)c(O)cc2O)c(O)cc1O. The Kier molecular flexibility index (Phi) is 15.9. The largest absolute Gasteiger partial charge is 0.508 e. The zero-order chi connectivity index (χ0) is 60.4. The normalized spacial score (nSPS) is 16.9. The standard InChI is InChI=1S/C34H38O8.C32H32O8/c1-15(2)20-8-22(30(38)12-28(20)36)18(5)24-10-26(34(42)14-32(24)40)19(6)25-9-23(31(39)13-33(25)41)17(4)21-7-16(3)27(35)11-29(21)37;1-13-17-5-19(27(35)9-25(17)33)14(2)21-7-23(31(39)11-29(21)37)16(4)24-8-22(30(38)12-32(24)40)15(3)20-6-18(13)26(34)10-28(20)36/h7-15,17-19,35-42H,1-6H3;5-16,33-40H,1-4H3. The number of aromatic hydroxyl groups is 16. The summed E-state index contributed by atoms with van der Waals surface area (Å²) in [6.45, 7) is 17.9. The van der Waals surface area contributed by atoms with Crippen LogP contribution in [0.15, 0.2) is 97.1 Å². The van der Waals surface area contributed by atoms with Crippen LogP contribution in [0.3, 0.4) is 0 Å². The number of benzene rings is 8. The van der Waals surface area contributed by atoms with Crippen molar-refractivity contribution in [1.82, 2.24) is 0 Å². The molecular weight excluding hydrogens is 1050 g/mol. The van der Waals surface area contributed by atoms with Crippen molar-refractivity contribution >= 4 is 0 Å². The molecule has 0 saturated heterocycles. The minimum absolute atomic E-state index is 0.0120. The molecule has 1 aliphatic carbocycles. The van der Waals surface area contributed by atoms with Gasteiger partial charge in [-0.15, -0.1) is 0 Å². The van der Waals surface area contributed by atoms with E-state index in [2.05, 4.69) is 0 Å². The molecule has 0 fully saturated rings. The van der Waals surface area contributed by atoms with Crippen LogP contribution in [0.25, 0.3) is 0 Å². The molecule has 16 N–H and O–H groups in total. The lowest BCUT2D eigenvalue weighted by molar-refractivity contribution is 0.426. The predicted molar refractivity (Wildman–Crippen MR) is 310 cm³/mol. The van der Waals surface area contributed by atoms with Crippen LogP contribution >= 0.6 is 0 Å². The van der Waals surface area contributed by atoms with Crippen molar-refractivity contribution in [1.29, 1.82) is 0 Å². The highest BCUT2D eigenvalue weighted by Crippen LogP contribution is 2.51. The fraction of sp³-hybridized carbons (Fsp3) is 0.273. The van der Waals surface area contributed by atoms with Crippen molar-refractivity contribution in [2.75, 3.05) is 0 Å². The highest BCUT2D eigenvalue weighted by atomic mass is 16.3. The van der Waals surface area contributed by atoms with Gasteiger partial charge in [-0.3, -0.25) is 0 Å². The molecule has 16 nitrogen and oxygen atoms in total. The molecule has 3 unspecified atom stereocenters. The first kappa shape index (κ1) is 58.7. The highest BCUT2D eigenvalue weighted by Gasteiger charge is 2.31. The number of phenolic OH excluding ortho intramolecular Hbond substituents is 16. The second-order valence-corrected chi connectivity index (χ2v) is 22.2. The monoisotopic (exact) mass is 1120 g/mol. The lowest BCUT2D eigenvalue weighted by Crippen LogP contribution is -2.07. The molecular formula is C66H70O16. The van der Waals surface area contributed by atoms with Crippen molar-refractivity contribution < 1.29 is 81.7 Å². The van der Waals surface area contributed by atoms with Gasteiger partial charge in [0.05, 0.1) is 0 Å². The number of aryl methyl sites for hydroxylation is 1. The summed E-state index contributed by atoms with van der Waals surface area (Å²) in [5.41, 5.74) is 6.94. The summed E-state index contributed by atoms with van der Waals surface area (Å²) < 4.78 is 0. The summed E-state index contributed by atoms with van der Waals surface area (Å²) >= 11 is 0. The van der Waals surface area contributed by atoms with Gasteiger partial charge in [0.15, 0.2) is 0 Å². The van der Waals surface area contributed by atoms with E-state index in [1.54, 1.807) is 104 Å². The zero-order valence-electron chi connectivity index (χ0n) is 47.0. The van der Waals surface area contributed by atoms with Gasteiger partial charge in [0.25, 0.3) is 0 Å². The van der Waals surface area contributed by atoms with Crippen LogP contribution < -0.4 is 0 Å². The average Bonchev–Trinajstić information content (AvgIpc) is 3.32. The first-order valence-corrected chi connectivity index (χ1v) is 26.8. The molecule has 430 valence electrons. The van der Waals surface area contributed by atoms with Crippen LogP contribution in [0.5, 0.6) is 92.0 Å². The molecule has 0 amide bonds. The lowest BCUT2D eigenvalue weighted by atomic mass is 9.81. The van der Waals surface area contributed by atoms with E-state index in [0.29, 0.717) is 89.0 Å². The molecule has 1 aliphatic rings. The molecule has 0 aliphatic heterocycles. The number of fused-ring (bicyclic) bond motifs is 8. The van der Waals surface area contributed by atoms with Gasteiger partial charge in [0, 0.05) is 168 Å². The molecule has 0 radical (unpaired) electrons. The number of phenols is 16. The van der Waals surface area contributed by atoms with Gasteiger partial charge < -0.3 is 81.7 Å². The molecule has 8 aromatic carbocycles. The van der Waals surface area contributed by atoms with E-state index in [4.69, 9.17) is 0 Å². The number of hydrogen-bond acceptors (Lipinski definition) is 16. The maximum Gasteiger partial charge on any atom is 0.123 e. The van der Waals surface area contributed by atoms with Crippen LogP contribution in [0, 0.1) is 6.92 Å². The molecule has 0 saturated carbocycles. The van der Waals surface area contributed by atoms with Gasteiger partial charge >= 0.3 is 0 Å². The Bertz CT molecular complexity index is 3460. The van der Waals surface area contributed by atoms with E-state index < -0.39 is 41.4 Å². The molecule has 0 heterocycles. The van der Waals surface area contributed by atoms with Gasteiger partial charge in [-0.2, -0.15) is 0 Å². The zero-order valence-corrected chi connectivity index (χ0v) is 47.0. The Morgan fingerprint density at radius 1 is 0.220 bits per heavy atom. The first-order chi connectivity index (χ1) is 38.4. The summed E-state index contributed by atoms with van der Waals surface area (Å²) in [5.74, 6) is -6.79. The fourth-order valence-electron chi connectivity index (χ4n) is 11.5. The van der Waals surface area contributed by atoms with Crippen LogP contribution in [-0.2, 0) is 0 Å². The second kappa shape index (κ2) is 22.2. The molecule has 0 aromatic heterocycles. The molecule has 3 atom stereocenters. The van der Waals surface area contributed by atoms with Crippen molar-refractivity contribution in [3.63, 3.8) is 0 Å². The first-order valence-electron chi connectivity index (χ1n) is 26.8. The van der Waals surface area contributed by atoms with Crippen LogP contribution in [0.1, 0.15) is 199 Å². The van der Waals surface area contributed by atoms with E-state index in [1.165, 1.54) is 48.5 Å². The van der Waals surface area contributed by atoms with Crippen molar-refractivity contribution in [3.05, 3.63) is 186 Å². The van der Waals surface area contributed by atoms with Gasteiger partial charge in [-0.1, -0.05) is 62.3 Å². The molecule has 0 spiro atoms. The Balaban J connectivity index is 0.000000215. The smallest absolute Gasteiger partial charge is 0.123 e. The minimum atomic E-state index is -0.613. The van der Waals surface area contributed by atoms with Crippen LogP contribution in [-0.4, -0.2) is 81.7 Å². The third-order valence-electron chi connectivity index (χ3n) is 16.7. The van der Waals surface area contributed by atoms with Crippen LogP contribution in [0.2, 0.25) is 0 Å². The maximum absolute atomic E-state index is 10.9. The van der Waals surface area contributed by atoms with Crippen molar-refractivity contribution in [2.24, 2.45) is 0 Å². The predicted octanol–water partition coefficient (Wildman–Crippen LogP) is 13.5. The van der Waals surface area contributed by atoms with E-state index in [0.717, 1.165) is 0 Å². The Hall–Kier alpha value is -9.44. The molecule has 9 rings (SSSR count). The van der Waals surface area contributed by atoms with Gasteiger partial charge in [0.1, 0.15) is 92.0 Å². The minimum Gasteiger partial charge on any atom is -0.508 e. The summed E-state index contributed by atoms with van der Waals surface area (Å²) in [7, 11) is 0. The maximum atomic E-state index is 10.9. The topological polar surface area (TPSA) is 324 Å². The second-order valence-electron chi connectivity index (χ2n) is 22.2. The average molecular weight is 1120 g/mol. The quantitative estimate of drug-likeness (QED) is 0.0705. The van der Waals surface area contributed by atoms with Gasteiger partial charge in [-0.25, -0.2) is 0 Å². The third kappa shape index (κ3) is 10.7. The Morgan fingerprint density at radius 3 is 0.610 bits per heavy atom. The summed E-state index contributed by atoms with van der Waals surface area (Å²) in [6, 6.07) is 22.8. The highest BCUT2D eigenvalue weighted by molar-refractivity contribution is 5.63. The summed E-state index contributed by atoms with van der Waals surface area (Å²) in [5, 5.41) is 171. The van der Waals surface area contributed by atoms with Crippen molar-refractivity contribution in [2.45, 2.75) is 117 Å². The van der Waals surface area contributed by atoms with E-state index in [9.17, 15) is 81.7 Å². The van der Waals surface area contributed by atoms with Crippen molar-refractivity contribution in [3.8, 4) is 92.0 Å². The van der Waals surface area contributed by atoms with Gasteiger partial charge in [-0.05, 0) is 72.5 Å². The molecule has 8 bridgehead atoms. The lowest BCUT2D eigenvalue weighted by Gasteiger charge is -2.25. The number of rotatable bonds is 7. The molecule has 16 heteroatoms. The fourth-order valence-corrected chi connectivity index (χ4v) is 11.5. The summed E-state index contributed by atoms with van der Waals surface area (Å²) in [6.07, 6.45) is 0. The van der Waals surface area contributed by atoms with E-state index in [1.807, 2.05) is 13.8 Å². The summed E-state index contributed by atoms with van der Waals surface area (Å²) in [4.78, 5) is 0. The van der Waals surface area contributed by atoms with Gasteiger partial charge in [0.2, 0.25) is 0 Å². The van der Waals surface area contributed by atoms with E-state index in [-0.39, 0.29) is 97.9 Å². The third-order valence-corrected chi connectivity index (χ3v) is 16.7. The Labute approximate surface area is 474 Å². The molecule has 8 aromatic rings. The number of hydrogen-bond donors (Lipinski definition) is 16. The van der Waals surface area contributed by atoms with E-state index >= 15 is 0 Å². The van der Waals surface area contributed by atoms with Crippen LogP contribution in [0.4, 0.5) is 0 Å². The molecule has 82 heavy (non-hydrogen) atoms. The Morgan fingerprint density at radius 2 is 0.390 bits per heavy atom.